The van der Waals surface area contributed by atoms with Gasteiger partial charge in [0.1, 0.15) is 0 Å². The van der Waals surface area contributed by atoms with Gasteiger partial charge in [0.15, 0.2) is 5.65 Å². The summed E-state index contributed by atoms with van der Waals surface area (Å²) in [6.45, 7) is 0. The van der Waals surface area contributed by atoms with Crippen LogP contribution >= 0.6 is 0 Å². The predicted molar refractivity (Wildman–Crippen MR) is 61.1 cm³/mol. The van der Waals surface area contributed by atoms with E-state index in [1.54, 1.807) is 17.1 Å². The average Bonchev–Trinajstić information content (AvgIpc) is 2.73. The average molecular weight is 211 g/mol. The van der Waals surface area contributed by atoms with Gasteiger partial charge in [-0.2, -0.15) is 10.1 Å². The number of benzene rings is 1. The van der Waals surface area contributed by atoms with Crippen LogP contribution in [0.2, 0.25) is 0 Å². The number of nitrogens with zero attached hydrogens (tertiary/aromatic N) is 4. The molecule has 1 aromatic carbocycles. The molecule has 2 N–H and O–H groups in total. The smallest absolute Gasteiger partial charge is 0.222 e. The molecule has 0 unspecified atom stereocenters. The Kier molecular flexibility index (Phi) is 1.83. The summed E-state index contributed by atoms with van der Waals surface area (Å²) in [5.74, 6) is 0.255. The number of anilines is 1. The fraction of sp³-hybridized carbons (Fsp3) is 0. The van der Waals surface area contributed by atoms with Gasteiger partial charge in [-0.25, -0.2) is 9.67 Å². The second kappa shape index (κ2) is 3.30. The lowest BCUT2D eigenvalue weighted by Crippen LogP contribution is -2.00. The number of hydrogen-bond donors (Lipinski definition) is 1. The lowest BCUT2D eigenvalue weighted by molar-refractivity contribution is 0.896. The Bertz CT molecular complexity index is 629. The Labute approximate surface area is 91.6 Å². The highest BCUT2D eigenvalue weighted by Gasteiger charge is 2.06. The third-order valence-electron chi connectivity index (χ3n) is 2.33. The second-order valence-electron chi connectivity index (χ2n) is 3.40. The monoisotopic (exact) mass is 211 g/mol. The minimum atomic E-state index is 0.255. The number of hydrogen-bond acceptors (Lipinski definition) is 4. The number of nitrogens with two attached hydrogens (primary N) is 1. The van der Waals surface area contributed by atoms with Crippen molar-refractivity contribution >= 4 is 17.0 Å². The normalized spacial score (nSPS) is 10.8. The van der Waals surface area contributed by atoms with Gasteiger partial charge < -0.3 is 5.73 Å². The molecule has 78 valence electrons. The molecule has 0 spiro atoms. The Balaban J connectivity index is 2.29. The van der Waals surface area contributed by atoms with Crippen LogP contribution in [-0.2, 0) is 0 Å². The van der Waals surface area contributed by atoms with E-state index in [1.165, 1.54) is 0 Å². The molecular weight excluding hydrogens is 202 g/mol. The van der Waals surface area contributed by atoms with Crippen LogP contribution in [0.15, 0.2) is 42.7 Å². The van der Waals surface area contributed by atoms with E-state index in [2.05, 4.69) is 15.1 Å². The number of rotatable bonds is 1. The molecule has 2 aromatic heterocycles. The molecule has 0 radical (unpaired) electrons. The zero-order valence-corrected chi connectivity index (χ0v) is 8.41. The van der Waals surface area contributed by atoms with Crippen molar-refractivity contribution < 1.29 is 0 Å². The lowest BCUT2D eigenvalue weighted by Gasteiger charge is -2.01. The van der Waals surface area contributed by atoms with Crippen molar-refractivity contribution in [2.75, 3.05) is 5.73 Å². The maximum atomic E-state index is 5.57. The van der Waals surface area contributed by atoms with Crippen LogP contribution in [0.4, 0.5) is 5.95 Å². The van der Waals surface area contributed by atoms with Crippen molar-refractivity contribution in [2.24, 2.45) is 0 Å². The van der Waals surface area contributed by atoms with Crippen LogP contribution in [0.5, 0.6) is 0 Å². The SMILES string of the molecule is Nc1ncc2cnn(-c3ccccc3)c2n1. The molecule has 2 heterocycles. The van der Waals surface area contributed by atoms with E-state index in [9.17, 15) is 0 Å². The van der Waals surface area contributed by atoms with Gasteiger partial charge in [0, 0.05) is 6.20 Å². The zero-order valence-electron chi connectivity index (χ0n) is 8.41. The molecule has 3 aromatic rings. The summed E-state index contributed by atoms with van der Waals surface area (Å²) in [6, 6.07) is 9.79. The third kappa shape index (κ3) is 1.30. The molecule has 16 heavy (non-hydrogen) atoms. The van der Waals surface area contributed by atoms with Crippen molar-refractivity contribution in [2.45, 2.75) is 0 Å². The van der Waals surface area contributed by atoms with E-state index in [0.29, 0.717) is 0 Å². The van der Waals surface area contributed by atoms with E-state index in [0.717, 1.165) is 16.7 Å². The quantitative estimate of drug-likeness (QED) is 0.660. The highest BCUT2D eigenvalue weighted by Crippen LogP contribution is 2.15. The fourth-order valence-corrected chi connectivity index (χ4v) is 1.59. The van der Waals surface area contributed by atoms with Gasteiger partial charge in [0.2, 0.25) is 5.95 Å². The Morgan fingerprint density at radius 1 is 1.06 bits per heavy atom. The van der Waals surface area contributed by atoms with Crippen molar-refractivity contribution in [3.8, 4) is 5.69 Å². The summed E-state index contributed by atoms with van der Waals surface area (Å²) >= 11 is 0. The highest BCUT2D eigenvalue weighted by atomic mass is 15.3. The maximum absolute atomic E-state index is 5.57. The molecule has 5 nitrogen and oxygen atoms in total. The number of aromatic nitrogens is 4. The molecule has 0 aliphatic rings. The van der Waals surface area contributed by atoms with Crippen molar-refractivity contribution in [3.63, 3.8) is 0 Å². The Morgan fingerprint density at radius 3 is 2.69 bits per heavy atom. The van der Waals surface area contributed by atoms with Gasteiger partial charge >= 0.3 is 0 Å². The lowest BCUT2D eigenvalue weighted by atomic mass is 10.3. The minimum Gasteiger partial charge on any atom is -0.368 e. The van der Waals surface area contributed by atoms with Crippen LogP contribution in [-0.4, -0.2) is 19.7 Å². The third-order valence-corrected chi connectivity index (χ3v) is 2.33. The highest BCUT2D eigenvalue weighted by molar-refractivity contribution is 5.76. The van der Waals surface area contributed by atoms with Crippen LogP contribution in [0.1, 0.15) is 0 Å². The summed E-state index contributed by atoms with van der Waals surface area (Å²) in [6.07, 6.45) is 3.39. The summed E-state index contributed by atoms with van der Waals surface area (Å²) < 4.78 is 1.74. The van der Waals surface area contributed by atoms with E-state index in [1.807, 2.05) is 30.3 Å². The maximum Gasteiger partial charge on any atom is 0.222 e. The molecule has 0 saturated heterocycles. The van der Waals surface area contributed by atoms with Crippen LogP contribution in [0.25, 0.3) is 16.7 Å². The van der Waals surface area contributed by atoms with Gasteiger partial charge in [-0.1, -0.05) is 18.2 Å². The summed E-state index contributed by atoms with van der Waals surface area (Å²) in [7, 11) is 0. The molecule has 0 amide bonds. The Hall–Kier alpha value is -2.43. The minimum absolute atomic E-state index is 0.255. The standard InChI is InChI=1S/C11H9N5/c12-11-13-6-8-7-14-16(10(8)15-11)9-4-2-1-3-5-9/h1-7H,(H2,12,13,15). The van der Waals surface area contributed by atoms with Gasteiger partial charge in [-0.15, -0.1) is 0 Å². The number of nitrogen functional groups attached to an aromatic ring is 1. The summed E-state index contributed by atoms with van der Waals surface area (Å²) in [5.41, 5.74) is 7.24. The summed E-state index contributed by atoms with van der Waals surface area (Å²) in [5, 5.41) is 5.14. The molecule has 5 heteroatoms. The number of fused-ring (bicyclic) bond motifs is 1. The molecular formula is C11H9N5. The molecule has 0 aliphatic heterocycles. The Morgan fingerprint density at radius 2 is 1.88 bits per heavy atom. The van der Waals surface area contributed by atoms with E-state index < -0.39 is 0 Å². The first-order valence-corrected chi connectivity index (χ1v) is 4.86. The second-order valence-corrected chi connectivity index (χ2v) is 3.40. The van der Waals surface area contributed by atoms with Gasteiger partial charge in [-0.05, 0) is 12.1 Å². The van der Waals surface area contributed by atoms with Crippen molar-refractivity contribution in [1.29, 1.82) is 0 Å². The molecule has 0 bridgehead atoms. The van der Waals surface area contributed by atoms with Gasteiger partial charge in [-0.3, -0.25) is 0 Å². The van der Waals surface area contributed by atoms with Crippen LogP contribution < -0.4 is 5.73 Å². The first-order valence-electron chi connectivity index (χ1n) is 4.86. The largest absolute Gasteiger partial charge is 0.368 e. The van der Waals surface area contributed by atoms with E-state index >= 15 is 0 Å². The molecule has 0 saturated carbocycles. The van der Waals surface area contributed by atoms with Crippen LogP contribution in [0.3, 0.4) is 0 Å². The van der Waals surface area contributed by atoms with Crippen LogP contribution in [0, 0.1) is 0 Å². The van der Waals surface area contributed by atoms with Crippen molar-refractivity contribution in [1.82, 2.24) is 19.7 Å². The van der Waals surface area contributed by atoms with Crippen molar-refractivity contribution in [3.05, 3.63) is 42.7 Å². The van der Waals surface area contributed by atoms with E-state index in [-0.39, 0.29) is 5.95 Å². The topological polar surface area (TPSA) is 69.6 Å². The van der Waals surface area contributed by atoms with Gasteiger partial charge in [0.05, 0.1) is 17.3 Å². The zero-order chi connectivity index (χ0) is 11.0. The molecule has 0 fully saturated rings. The first-order chi connectivity index (χ1) is 7.84. The number of para-hydroxylation sites is 1. The molecule has 0 aliphatic carbocycles. The predicted octanol–water partition coefficient (Wildman–Crippen LogP) is 1.40. The molecule has 3 rings (SSSR count). The van der Waals surface area contributed by atoms with E-state index in [4.69, 9.17) is 5.73 Å². The summed E-state index contributed by atoms with van der Waals surface area (Å²) in [4.78, 5) is 8.11. The molecule has 0 atom stereocenters. The first kappa shape index (κ1) is 8.84. The fourth-order valence-electron chi connectivity index (χ4n) is 1.59. The van der Waals surface area contributed by atoms with Gasteiger partial charge in [0.25, 0.3) is 0 Å².